The molecule has 0 spiro atoms. The monoisotopic (exact) mass is 462 g/mol. The molecule has 0 fully saturated rings. The molecule has 14 nitrogen and oxygen atoms in total. The Morgan fingerprint density at radius 1 is 0.750 bits per heavy atom. The predicted molar refractivity (Wildman–Crippen MR) is 107 cm³/mol. The molecule has 0 aromatic heterocycles. The lowest BCUT2D eigenvalue weighted by molar-refractivity contribution is -0.145. The molecule has 5 unspecified atom stereocenters. The maximum atomic E-state index is 12.6. The molecule has 0 bridgehead atoms. The number of carboxylic acids is 3. The van der Waals surface area contributed by atoms with Gasteiger partial charge < -0.3 is 42.1 Å². The Labute approximate surface area is 183 Å². The van der Waals surface area contributed by atoms with Crippen LogP contribution in [0, 0.1) is 5.92 Å². The van der Waals surface area contributed by atoms with E-state index in [2.05, 4.69) is 10.6 Å². The lowest BCUT2D eigenvalue weighted by atomic mass is 10.0. The highest BCUT2D eigenvalue weighted by Gasteiger charge is 2.33. The van der Waals surface area contributed by atoms with E-state index in [1.807, 2.05) is 5.32 Å². The molecule has 0 rings (SSSR count). The topological polar surface area (TPSA) is 245 Å². The Morgan fingerprint density at radius 2 is 1.22 bits per heavy atom. The van der Waals surface area contributed by atoms with E-state index in [-0.39, 0.29) is 12.3 Å². The molecule has 0 aliphatic heterocycles. The maximum absolute atomic E-state index is 12.6. The van der Waals surface area contributed by atoms with Crippen LogP contribution in [0.15, 0.2) is 0 Å². The van der Waals surface area contributed by atoms with Gasteiger partial charge in [0.2, 0.25) is 17.7 Å². The van der Waals surface area contributed by atoms with Gasteiger partial charge in [-0.05, 0) is 19.3 Å². The highest BCUT2D eigenvalue weighted by Crippen LogP contribution is 2.08. The molecule has 32 heavy (non-hydrogen) atoms. The first kappa shape index (κ1) is 28.7. The highest BCUT2D eigenvalue weighted by atomic mass is 16.4. The van der Waals surface area contributed by atoms with Gasteiger partial charge in [-0.15, -0.1) is 0 Å². The van der Waals surface area contributed by atoms with Crippen molar-refractivity contribution in [2.45, 2.75) is 70.3 Å². The largest absolute Gasteiger partial charge is 0.481 e. The number of carboxylic acid groups (broad SMARTS) is 3. The number of aliphatic hydroxyl groups excluding tert-OH is 1. The van der Waals surface area contributed by atoms with Crippen LogP contribution in [0.5, 0.6) is 0 Å². The predicted octanol–water partition coefficient (Wildman–Crippen LogP) is -2.77. The second kappa shape index (κ2) is 13.2. The van der Waals surface area contributed by atoms with Crippen LogP contribution in [0.25, 0.3) is 0 Å². The van der Waals surface area contributed by atoms with Gasteiger partial charge in [0.05, 0.1) is 25.0 Å². The molecule has 0 heterocycles. The fourth-order valence-corrected chi connectivity index (χ4v) is 2.56. The van der Waals surface area contributed by atoms with Gasteiger partial charge >= 0.3 is 17.9 Å². The summed E-state index contributed by atoms with van der Waals surface area (Å²) in [6.07, 6.45) is -3.07. The van der Waals surface area contributed by atoms with Crippen molar-refractivity contribution in [2.24, 2.45) is 11.7 Å². The first-order valence-corrected chi connectivity index (χ1v) is 9.66. The summed E-state index contributed by atoms with van der Waals surface area (Å²) >= 11 is 0. The molecule has 0 aromatic carbocycles. The Balaban J connectivity index is 5.53. The van der Waals surface area contributed by atoms with Gasteiger partial charge in [-0.2, -0.15) is 0 Å². The Hall–Kier alpha value is -3.26. The van der Waals surface area contributed by atoms with Crippen LogP contribution >= 0.6 is 0 Å². The van der Waals surface area contributed by atoms with Gasteiger partial charge in [0.25, 0.3) is 0 Å². The molecule has 0 saturated heterocycles. The second-order valence-electron chi connectivity index (χ2n) is 7.62. The number of rotatable bonds is 14. The zero-order chi connectivity index (χ0) is 25.2. The van der Waals surface area contributed by atoms with Gasteiger partial charge in [-0.3, -0.25) is 24.0 Å². The molecular weight excluding hydrogens is 432 g/mol. The first-order valence-electron chi connectivity index (χ1n) is 9.66. The van der Waals surface area contributed by atoms with Crippen molar-refractivity contribution in [3.63, 3.8) is 0 Å². The van der Waals surface area contributed by atoms with Crippen LogP contribution < -0.4 is 21.7 Å². The van der Waals surface area contributed by atoms with E-state index in [9.17, 15) is 33.9 Å². The molecule has 14 heteroatoms. The van der Waals surface area contributed by atoms with Crippen LogP contribution in [0.1, 0.15) is 40.0 Å². The summed E-state index contributed by atoms with van der Waals surface area (Å²) in [5, 5.41) is 42.8. The maximum Gasteiger partial charge on any atom is 0.328 e. The zero-order valence-corrected chi connectivity index (χ0v) is 17.9. The quantitative estimate of drug-likeness (QED) is 0.131. The number of nitrogens with two attached hydrogens (primary N) is 1. The number of amides is 3. The van der Waals surface area contributed by atoms with E-state index in [1.54, 1.807) is 13.8 Å². The summed E-state index contributed by atoms with van der Waals surface area (Å²) < 4.78 is 0. The third-order valence-corrected chi connectivity index (χ3v) is 4.13. The molecule has 9 N–H and O–H groups in total. The van der Waals surface area contributed by atoms with E-state index in [0.717, 1.165) is 6.92 Å². The highest BCUT2D eigenvalue weighted by molar-refractivity contribution is 5.96. The van der Waals surface area contributed by atoms with Crippen LogP contribution in [-0.4, -0.2) is 86.3 Å². The summed E-state index contributed by atoms with van der Waals surface area (Å²) in [6.45, 7) is 4.56. The molecule has 0 aliphatic rings. The average Bonchev–Trinajstić information content (AvgIpc) is 2.62. The fraction of sp³-hybridized carbons (Fsp3) is 0.667. The third-order valence-electron chi connectivity index (χ3n) is 4.13. The molecule has 5 atom stereocenters. The molecule has 3 amide bonds. The number of hydrogen-bond donors (Lipinski definition) is 8. The minimum absolute atomic E-state index is 0.0238. The summed E-state index contributed by atoms with van der Waals surface area (Å²) in [4.78, 5) is 70.2. The number of hydrogen-bond acceptors (Lipinski definition) is 8. The lowest BCUT2D eigenvalue weighted by Crippen LogP contribution is -2.58. The third kappa shape index (κ3) is 10.7. The molecule has 0 saturated carbocycles. The minimum atomic E-state index is -1.69. The number of carbonyl (C=O) groups is 6. The van der Waals surface area contributed by atoms with Crippen molar-refractivity contribution < 1.29 is 49.2 Å². The molecule has 0 aromatic rings. The van der Waals surface area contributed by atoms with Crippen molar-refractivity contribution in [3.05, 3.63) is 0 Å². The second-order valence-corrected chi connectivity index (χ2v) is 7.62. The number of nitrogens with one attached hydrogen (secondary N) is 3. The van der Waals surface area contributed by atoms with Gasteiger partial charge in [-0.1, -0.05) is 13.8 Å². The summed E-state index contributed by atoms with van der Waals surface area (Å²) in [5.74, 6) is -7.63. The van der Waals surface area contributed by atoms with E-state index in [4.69, 9.17) is 21.1 Å². The minimum Gasteiger partial charge on any atom is -0.481 e. The zero-order valence-electron chi connectivity index (χ0n) is 17.9. The Bertz CT molecular complexity index is 725. The number of aliphatic hydroxyl groups is 1. The Morgan fingerprint density at radius 3 is 1.62 bits per heavy atom. The molecular formula is C18H30N4O10. The molecule has 0 aliphatic carbocycles. The SMILES string of the molecule is CC(C)CC(NC(=O)C(CC(=O)O)NC(=O)C(N)CC(=O)O)C(=O)NC(C(=O)O)C(C)O. The van der Waals surface area contributed by atoms with Crippen molar-refractivity contribution >= 4 is 35.6 Å². The van der Waals surface area contributed by atoms with Crippen LogP contribution in [0.4, 0.5) is 0 Å². The van der Waals surface area contributed by atoms with Crippen LogP contribution in [-0.2, 0) is 28.8 Å². The van der Waals surface area contributed by atoms with Gasteiger partial charge in [0.15, 0.2) is 6.04 Å². The molecule has 0 radical (unpaired) electrons. The van der Waals surface area contributed by atoms with Gasteiger partial charge in [0, 0.05) is 0 Å². The van der Waals surface area contributed by atoms with Gasteiger partial charge in [-0.25, -0.2) is 4.79 Å². The van der Waals surface area contributed by atoms with E-state index < -0.39 is 78.7 Å². The van der Waals surface area contributed by atoms with Crippen LogP contribution in [0.3, 0.4) is 0 Å². The summed E-state index contributed by atoms with van der Waals surface area (Å²) in [6, 6.07) is -6.20. The van der Waals surface area contributed by atoms with Gasteiger partial charge in [0.1, 0.15) is 12.1 Å². The fourth-order valence-electron chi connectivity index (χ4n) is 2.56. The summed E-state index contributed by atoms with van der Waals surface area (Å²) in [7, 11) is 0. The standard InChI is InChI=1S/C18H30N4O10/c1-7(2)4-10(17(30)22-14(8(3)23)18(31)32)21-16(29)11(6-13(26)27)20-15(28)9(19)5-12(24)25/h7-11,14,23H,4-6,19H2,1-3H3,(H,20,28)(H,21,29)(H,22,30)(H,24,25)(H,26,27)(H,31,32). The normalized spacial score (nSPS) is 15.6. The van der Waals surface area contributed by atoms with E-state index in [1.165, 1.54) is 0 Å². The Kier molecular flexibility index (Phi) is 11.9. The first-order chi connectivity index (χ1) is 14.6. The average molecular weight is 462 g/mol. The van der Waals surface area contributed by atoms with E-state index >= 15 is 0 Å². The summed E-state index contributed by atoms with van der Waals surface area (Å²) in [5.41, 5.74) is 5.41. The van der Waals surface area contributed by atoms with Crippen molar-refractivity contribution in [2.75, 3.05) is 0 Å². The number of carbonyl (C=O) groups excluding carboxylic acids is 3. The van der Waals surface area contributed by atoms with E-state index in [0.29, 0.717) is 0 Å². The lowest BCUT2D eigenvalue weighted by Gasteiger charge is -2.26. The molecule has 182 valence electrons. The van der Waals surface area contributed by atoms with Crippen molar-refractivity contribution in [1.82, 2.24) is 16.0 Å². The van der Waals surface area contributed by atoms with Crippen LogP contribution in [0.2, 0.25) is 0 Å². The smallest absolute Gasteiger partial charge is 0.328 e. The number of aliphatic carboxylic acids is 3. The van der Waals surface area contributed by atoms with Crippen molar-refractivity contribution in [3.8, 4) is 0 Å². The van der Waals surface area contributed by atoms with Crippen molar-refractivity contribution in [1.29, 1.82) is 0 Å².